The molecule has 0 spiro atoms. The molecular formula is C15H13NO. The lowest BCUT2D eigenvalue weighted by atomic mass is 10.1. The molecule has 0 amide bonds. The molecule has 1 aliphatic rings. The third-order valence-corrected chi connectivity index (χ3v) is 2.90. The van der Waals surface area contributed by atoms with Crippen LogP contribution in [0.3, 0.4) is 0 Å². The van der Waals surface area contributed by atoms with Crippen LogP contribution in [0.1, 0.15) is 24.2 Å². The summed E-state index contributed by atoms with van der Waals surface area (Å²) in [6.07, 6.45) is 0.0914. The summed E-state index contributed by atoms with van der Waals surface area (Å²) in [6.45, 7) is 2.05. The standard InChI is InChI=1S/C15H13NO/c1-11-13-9-5-6-10-14(13)15(17-11)16-12-7-3-2-4-8-12/h2-11H,1H3/t11-/m1/s1. The highest BCUT2D eigenvalue weighted by Crippen LogP contribution is 2.31. The van der Waals surface area contributed by atoms with Gasteiger partial charge in [0, 0.05) is 11.1 Å². The van der Waals surface area contributed by atoms with Crippen molar-refractivity contribution < 1.29 is 4.74 Å². The average molecular weight is 223 g/mol. The minimum Gasteiger partial charge on any atom is -0.469 e. The van der Waals surface area contributed by atoms with Crippen LogP contribution < -0.4 is 0 Å². The number of hydrogen-bond acceptors (Lipinski definition) is 2. The van der Waals surface area contributed by atoms with Crippen LogP contribution in [-0.4, -0.2) is 5.90 Å². The summed E-state index contributed by atoms with van der Waals surface area (Å²) in [5.74, 6) is 0.722. The van der Waals surface area contributed by atoms with Gasteiger partial charge in [0.25, 0.3) is 0 Å². The summed E-state index contributed by atoms with van der Waals surface area (Å²) in [4.78, 5) is 4.54. The Hall–Kier alpha value is -2.09. The maximum Gasteiger partial charge on any atom is 0.222 e. The number of rotatable bonds is 1. The average Bonchev–Trinajstić information content (AvgIpc) is 2.69. The zero-order valence-electron chi connectivity index (χ0n) is 9.63. The molecular weight excluding hydrogens is 210 g/mol. The van der Waals surface area contributed by atoms with Crippen LogP contribution in [0, 0.1) is 0 Å². The largest absolute Gasteiger partial charge is 0.469 e. The monoisotopic (exact) mass is 223 g/mol. The molecule has 1 atom stereocenters. The van der Waals surface area contributed by atoms with Crippen molar-refractivity contribution in [3.63, 3.8) is 0 Å². The van der Waals surface area contributed by atoms with E-state index in [2.05, 4.69) is 17.1 Å². The number of fused-ring (bicyclic) bond motifs is 1. The van der Waals surface area contributed by atoms with Gasteiger partial charge < -0.3 is 4.74 Å². The van der Waals surface area contributed by atoms with Crippen molar-refractivity contribution in [1.82, 2.24) is 0 Å². The minimum atomic E-state index is 0.0914. The van der Waals surface area contributed by atoms with Crippen LogP contribution in [0.15, 0.2) is 59.6 Å². The van der Waals surface area contributed by atoms with Gasteiger partial charge in [-0.05, 0) is 25.1 Å². The van der Waals surface area contributed by atoms with Crippen molar-refractivity contribution >= 4 is 11.6 Å². The molecule has 1 aliphatic heterocycles. The number of aliphatic imine (C=N–C) groups is 1. The smallest absolute Gasteiger partial charge is 0.222 e. The van der Waals surface area contributed by atoms with Gasteiger partial charge in [-0.3, -0.25) is 0 Å². The fourth-order valence-corrected chi connectivity index (χ4v) is 2.05. The number of nitrogens with zero attached hydrogens (tertiary/aromatic N) is 1. The lowest BCUT2D eigenvalue weighted by molar-refractivity contribution is 0.232. The van der Waals surface area contributed by atoms with E-state index in [0.29, 0.717) is 0 Å². The predicted octanol–water partition coefficient (Wildman–Crippen LogP) is 3.86. The number of benzene rings is 2. The lowest BCUT2D eigenvalue weighted by Crippen LogP contribution is -1.97. The molecule has 0 N–H and O–H groups in total. The van der Waals surface area contributed by atoms with Crippen molar-refractivity contribution in [3.05, 3.63) is 65.7 Å². The molecule has 84 valence electrons. The Morgan fingerprint density at radius 2 is 1.65 bits per heavy atom. The maximum atomic E-state index is 5.79. The van der Waals surface area contributed by atoms with E-state index in [4.69, 9.17) is 4.74 Å². The molecule has 0 radical (unpaired) electrons. The molecule has 2 nitrogen and oxygen atoms in total. The SMILES string of the molecule is C[C@H]1OC(=Nc2ccccc2)c2ccccc21. The number of para-hydroxylation sites is 1. The third-order valence-electron chi connectivity index (χ3n) is 2.90. The molecule has 2 heteroatoms. The highest BCUT2D eigenvalue weighted by atomic mass is 16.5. The van der Waals surface area contributed by atoms with E-state index >= 15 is 0 Å². The van der Waals surface area contributed by atoms with Gasteiger partial charge in [0.2, 0.25) is 5.90 Å². The Bertz CT molecular complexity index is 560. The van der Waals surface area contributed by atoms with Crippen molar-refractivity contribution in [2.75, 3.05) is 0 Å². The van der Waals surface area contributed by atoms with Gasteiger partial charge in [-0.15, -0.1) is 0 Å². The first-order chi connectivity index (χ1) is 8.34. The third kappa shape index (κ3) is 1.82. The maximum absolute atomic E-state index is 5.79. The van der Waals surface area contributed by atoms with Crippen LogP contribution >= 0.6 is 0 Å². The van der Waals surface area contributed by atoms with Gasteiger partial charge >= 0.3 is 0 Å². The van der Waals surface area contributed by atoms with Gasteiger partial charge in [-0.2, -0.15) is 0 Å². The van der Waals surface area contributed by atoms with Crippen LogP contribution in [-0.2, 0) is 4.74 Å². The minimum absolute atomic E-state index is 0.0914. The van der Waals surface area contributed by atoms with Crippen molar-refractivity contribution in [3.8, 4) is 0 Å². The summed E-state index contributed by atoms with van der Waals surface area (Å²) in [5.41, 5.74) is 3.23. The number of ether oxygens (including phenoxy) is 1. The second-order valence-electron chi connectivity index (χ2n) is 4.10. The van der Waals surface area contributed by atoms with Gasteiger partial charge in [-0.25, -0.2) is 4.99 Å². The molecule has 0 fully saturated rings. The fourth-order valence-electron chi connectivity index (χ4n) is 2.05. The highest BCUT2D eigenvalue weighted by molar-refractivity contribution is 5.99. The summed E-state index contributed by atoms with van der Waals surface area (Å²) in [6, 6.07) is 18.1. The molecule has 0 unspecified atom stereocenters. The predicted molar refractivity (Wildman–Crippen MR) is 68.6 cm³/mol. The first-order valence-electron chi connectivity index (χ1n) is 5.74. The van der Waals surface area contributed by atoms with Crippen LogP contribution in [0.5, 0.6) is 0 Å². The Kier molecular flexibility index (Phi) is 2.41. The van der Waals surface area contributed by atoms with Crippen LogP contribution in [0.25, 0.3) is 0 Å². The van der Waals surface area contributed by atoms with Gasteiger partial charge in [0.1, 0.15) is 6.10 Å². The second kappa shape index (κ2) is 4.06. The Morgan fingerprint density at radius 1 is 0.941 bits per heavy atom. The second-order valence-corrected chi connectivity index (χ2v) is 4.10. The molecule has 0 saturated heterocycles. The summed E-state index contributed by atoms with van der Waals surface area (Å²) in [7, 11) is 0. The lowest BCUT2D eigenvalue weighted by Gasteiger charge is -2.03. The summed E-state index contributed by atoms with van der Waals surface area (Å²) in [5, 5.41) is 0. The molecule has 2 aromatic rings. The van der Waals surface area contributed by atoms with Gasteiger partial charge in [0.15, 0.2) is 0 Å². The topological polar surface area (TPSA) is 21.6 Å². The van der Waals surface area contributed by atoms with E-state index in [-0.39, 0.29) is 6.10 Å². The van der Waals surface area contributed by atoms with Crippen LogP contribution in [0.2, 0.25) is 0 Å². The highest BCUT2D eigenvalue weighted by Gasteiger charge is 2.25. The Balaban J connectivity index is 2.05. The van der Waals surface area contributed by atoms with Gasteiger partial charge in [-0.1, -0.05) is 36.4 Å². The van der Waals surface area contributed by atoms with Crippen molar-refractivity contribution in [2.45, 2.75) is 13.0 Å². The van der Waals surface area contributed by atoms with E-state index in [0.717, 1.165) is 17.1 Å². The van der Waals surface area contributed by atoms with E-state index < -0.39 is 0 Å². The molecule has 0 bridgehead atoms. The molecule has 0 saturated carbocycles. The number of hydrogen-bond donors (Lipinski definition) is 0. The molecule has 1 heterocycles. The first kappa shape index (κ1) is 10.1. The molecule has 3 rings (SSSR count). The molecule has 17 heavy (non-hydrogen) atoms. The van der Waals surface area contributed by atoms with Crippen molar-refractivity contribution in [1.29, 1.82) is 0 Å². The molecule has 0 aliphatic carbocycles. The zero-order valence-corrected chi connectivity index (χ0v) is 9.63. The summed E-state index contributed by atoms with van der Waals surface area (Å²) < 4.78 is 5.79. The Morgan fingerprint density at radius 3 is 2.47 bits per heavy atom. The van der Waals surface area contributed by atoms with Crippen molar-refractivity contribution in [2.24, 2.45) is 4.99 Å². The van der Waals surface area contributed by atoms with E-state index in [9.17, 15) is 0 Å². The quantitative estimate of drug-likeness (QED) is 0.719. The van der Waals surface area contributed by atoms with Gasteiger partial charge in [0.05, 0.1) is 5.69 Å². The Labute approximate surface area is 101 Å². The van der Waals surface area contributed by atoms with E-state index in [1.807, 2.05) is 49.4 Å². The van der Waals surface area contributed by atoms with Crippen LogP contribution in [0.4, 0.5) is 5.69 Å². The van der Waals surface area contributed by atoms with E-state index in [1.54, 1.807) is 0 Å². The van der Waals surface area contributed by atoms with E-state index in [1.165, 1.54) is 5.56 Å². The zero-order chi connectivity index (χ0) is 11.7. The first-order valence-corrected chi connectivity index (χ1v) is 5.74. The molecule has 2 aromatic carbocycles. The molecule has 0 aromatic heterocycles. The fraction of sp³-hybridized carbons (Fsp3) is 0.133. The summed E-state index contributed by atoms with van der Waals surface area (Å²) >= 11 is 0. The normalized spacial score (nSPS) is 20.1.